The van der Waals surface area contributed by atoms with Crippen LogP contribution in [0.1, 0.15) is 19.4 Å². The number of pyridine rings is 1. The van der Waals surface area contributed by atoms with Crippen molar-refractivity contribution in [2.45, 2.75) is 20.3 Å². The molecule has 0 aliphatic carbocycles. The summed E-state index contributed by atoms with van der Waals surface area (Å²) in [6.07, 6.45) is 7.65. The molecule has 0 atom stereocenters. The summed E-state index contributed by atoms with van der Waals surface area (Å²) in [6.45, 7) is 8.46. The fourth-order valence-electron chi connectivity index (χ4n) is 4.41. The number of carbonyl (C=O) groups excluding carboxylic acids is 1. The molecule has 1 saturated heterocycles. The van der Waals surface area contributed by atoms with Gasteiger partial charge in [-0.25, -0.2) is 23.8 Å². The Balaban J connectivity index is 1.74. The van der Waals surface area contributed by atoms with Crippen LogP contribution in [0.4, 0.5) is 10.6 Å². The molecule has 1 aliphatic heterocycles. The smallest absolute Gasteiger partial charge is 0.353 e. The Morgan fingerprint density at radius 2 is 2.03 bits per heavy atom. The topological polar surface area (TPSA) is 97.8 Å². The van der Waals surface area contributed by atoms with Gasteiger partial charge < -0.3 is 4.74 Å². The molecule has 0 saturated carbocycles. The third-order valence-corrected chi connectivity index (χ3v) is 6.76. The third-order valence-electron chi connectivity index (χ3n) is 6.10. The maximum absolute atomic E-state index is 13.4. The highest BCUT2D eigenvalue weighted by Crippen LogP contribution is 2.37. The summed E-state index contributed by atoms with van der Waals surface area (Å²) >= 11 is 3.68. The first-order valence-electron chi connectivity index (χ1n) is 11.7. The number of aryl methyl sites for hydroxylation is 1. The van der Waals surface area contributed by atoms with Crippen molar-refractivity contribution in [2.24, 2.45) is 12.0 Å². The van der Waals surface area contributed by atoms with E-state index in [4.69, 9.17) is 4.74 Å². The predicted molar refractivity (Wildman–Crippen MR) is 148 cm³/mol. The normalized spacial score (nSPS) is 14.2. The molecule has 0 bridgehead atoms. The van der Waals surface area contributed by atoms with E-state index in [-0.39, 0.29) is 17.7 Å². The molecular weight excluding hydrogens is 538 g/mol. The Bertz CT molecular complexity index is 1470. The van der Waals surface area contributed by atoms with Crippen LogP contribution in [-0.4, -0.2) is 57.2 Å². The number of aliphatic imine (C=N–C) groups is 1. The molecule has 0 N–H and O–H groups in total. The highest BCUT2D eigenvalue weighted by molar-refractivity contribution is 9.10. The Morgan fingerprint density at radius 3 is 2.68 bits per heavy atom. The first kappa shape index (κ1) is 26.1. The Morgan fingerprint density at radius 1 is 1.24 bits per heavy atom. The zero-order chi connectivity index (χ0) is 26.7. The molecule has 10 nitrogen and oxygen atoms in total. The average Bonchev–Trinajstić information content (AvgIpc) is 3.41. The van der Waals surface area contributed by atoms with Crippen LogP contribution in [-0.2, 0) is 13.5 Å². The second kappa shape index (κ2) is 11.0. The van der Waals surface area contributed by atoms with Crippen LogP contribution < -0.4 is 15.3 Å². The van der Waals surface area contributed by atoms with Gasteiger partial charge in [-0.2, -0.15) is 0 Å². The summed E-state index contributed by atoms with van der Waals surface area (Å²) in [4.78, 5) is 37.8. The van der Waals surface area contributed by atoms with Gasteiger partial charge in [-0.05, 0) is 55.5 Å². The van der Waals surface area contributed by atoms with Crippen LogP contribution in [0.25, 0.3) is 16.8 Å². The molecule has 3 heterocycles. The van der Waals surface area contributed by atoms with E-state index in [1.165, 1.54) is 16.4 Å². The lowest BCUT2D eigenvalue weighted by atomic mass is 9.98. The Kier molecular flexibility index (Phi) is 7.72. The van der Waals surface area contributed by atoms with E-state index in [1.807, 2.05) is 50.3 Å². The van der Waals surface area contributed by atoms with Crippen LogP contribution >= 0.6 is 15.9 Å². The Hall–Kier alpha value is -3.99. The number of anilines is 1. The monoisotopic (exact) mass is 565 g/mol. The highest BCUT2D eigenvalue weighted by atomic mass is 79.9. The zero-order valence-electron chi connectivity index (χ0n) is 21.2. The summed E-state index contributed by atoms with van der Waals surface area (Å²) in [5, 5.41) is 4.11. The summed E-state index contributed by atoms with van der Waals surface area (Å²) in [6, 6.07) is 7.58. The number of rotatable bonds is 8. The van der Waals surface area contributed by atoms with Crippen molar-refractivity contribution < 1.29 is 9.53 Å². The van der Waals surface area contributed by atoms with E-state index in [2.05, 4.69) is 37.7 Å². The quantitative estimate of drug-likeness (QED) is 0.299. The largest absolute Gasteiger partial charge is 0.467 e. The number of benzene rings is 1. The van der Waals surface area contributed by atoms with Crippen LogP contribution in [0.3, 0.4) is 0 Å². The molecule has 1 aromatic carbocycles. The molecule has 37 heavy (non-hydrogen) atoms. The number of methoxy groups -OCH3 is 1. The van der Waals surface area contributed by atoms with E-state index in [9.17, 15) is 9.59 Å². The molecule has 0 radical (unpaired) electrons. The van der Waals surface area contributed by atoms with Gasteiger partial charge in [0.15, 0.2) is 0 Å². The van der Waals surface area contributed by atoms with Gasteiger partial charge in [-0.3, -0.25) is 14.8 Å². The number of hydrogen-bond acceptors (Lipinski definition) is 6. The molecule has 1 fully saturated rings. The van der Waals surface area contributed by atoms with Gasteiger partial charge in [0.05, 0.1) is 18.5 Å². The molecule has 2 aromatic heterocycles. The lowest BCUT2D eigenvalue weighted by Gasteiger charge is -2.22. The molecule has 4 rings (SSSR count). The number of amides is 2. The van der Waals surface area contributed by atoms with Gasteiger partial charge >= 0.3 is 17.7 Å². The number of urea groups is 1. The van der Waals surface area contributed by atoms with Crippen LogP contribution in [0.2, 0.25) is 0 Å². The number of aromatic nitrogens is 4. The van der Waals surface area contributed by atoms with Crippen molar-refractivity contribution in [3.8, 4) is 22.8 Å². The lowest BCUT2D eigenvalue weighted by molar-refractivity contribution is 0.231. The van der Waals surface area contributed by atoms with E-state index in [0.717, 1.165) is 21.2 Å². The summed E-state index contributed by atoms with van der Waals surface area (Å²) in [5.74, 6) is 0.625. The molecule has 2 amide bonds. The number of ether oxygens (including phenoxy) is 1. The van der Waals surface area contributed by atoms with Crippen molar-refractivity contribution in [1.82, 2.24) is 24.2 Å². The number of nitrogens with zero attached hydrogens (tertiary/aromatic N) is 7. The van der Waals surface area contributed by atoms with Gasteiger partial charge in [-0.1, -0.05) is 35.0 Å². The molecule has 0 spiro atoms. The number of halogens is 1. The van der Waals surface area contributed by atoms with Gasteiger partial charge in [0, 0.05) is 42.6 Å². The third kappa shape index (κ3) is 4.74. The van der Waals surface area contributed by atoms with Gasteiger partial charge in [0.25, 0.3) is 0 Å². The van der Waals surface area contributed by atoms with E-state index >= 15 is 0 Å². The summed E-state index contributed by atoms with van der Waals surface area (Å²) in [5.41, 5.74) is 3.78. The van der Waals surface area contributed by atoms with Crippen molar-refractivity contribution in [3.63, 3.8) is 0 Å². The molecule has 3 aromatic rings. The van der Waals surface area contributed by atoms with Crippen LogP contribution in [0.5, 0.6) is 6.01 Å². The molecule has 0 unspecified atom stereocenters. The lowest BCUT2D eigenvalue weighted by Crippen LogP contribution is -2.32. The van der Waals surface area contributed by atoms with Crippen molar-refractivity contribution in [2.75, 3.05) is 25.1 Å². The van der Waals surface area contributed by atoms with Gasteiger partial charge in [-0.15, -0.1) is 5.10 Å². The van der Waals surface area contributed by atoms with Crippen LogP contribution in [0.15, 0.2) is 68.8 Å². The zero-order valence-corrected chi connectivity index (χ0v) is 22.8. The fourth-order valence-corrected chi connectivity index (χ4v) is 4.99. The van der Waals surface area contributed by atoms with E-state index in [0.29, 0.717) is 36.7 Å². The number of hydrogen-bond donors (Lipinski definition) is 0. The van der Waals surface area contributed by atoms with Crippen molar-refractivity contribution >= 4 is 34.5 Å². The first-order valence-corrected chi connectivity index (χ1v) is 12.5. The summed E-state index contributed by atoms with van der Waals surface area (Å²) in [7, 11) is 3.04. The SMILES string of the molecule is C=N/C=C(\C=C/C)N1CCN(c2nccc(-c3ccc(-n4c(OC)nn(C)c4=O)cc3Br)c2CC)C1=O. The minimum Gasteiger partial charge on any atom is -0.467 e. The predicted octanol–water partition coefficient (Wildman–Crippen LogP) is 4.33. The molecular formula is C26H28BrN7O3. The maximum Gasteiger partial charge on any atom is 0.353 e. The molecule has 11 heteroatoms. The highest BCUT2D eigenvalue weighted by Gasteiger charge is 2.33. The first-order chi connectivity index (χ1) is 17.9. The molecule has 1 aliphatic rings. The Labute approximate surface area is 223 Å². The number of carbonyl (C=O) groups is 1. The minimum atomic E-state index is -0.313. The maximum atomic E-state index is 13.4. The van der Waals surface area contributed by atoms with Crippen molar-refractivity contribution in [1.29, 1.82) is 0 Å². The van der Waals surface area contributed by atoms with Gasteiger partial charge in [0.2, 0.25) is 0 Å². The standard InChI is InChI=1S/C26H28BrN7O3/c1-6-8-18(16-28-3)32-13-14-33(26(32)36)23-19(7-2)20(11-12-29-23)21-10-9-17(15-22(21)27)34-24(37-5)30-31(4)25(34)35/h6,8-12,15-16H,3,7,13-14H2,1-2,4-5H3/b8-6-,18-16+. The van der Waals surface area contributed by atoms with E-state index < -0.39 is 0 Å². The second-order valence-corrected chi connectivity index (χ2v) is 9.08. The average molecular weight is 566 g/mol. The van der Waals surface area contributed by atoms with Crippen LogP contribution in [0, 0.1) is 0 Å². The second-order valence-electron chi connectivity index (χ2n) is 8.23. The molecule has 192 valence electrons. The number of allylic oxidation sites excluding steroid dienone is 2. The fraction of sp³-hybridized carbons (Fsp3) is 0.269. The minimum absolute atomic E-state index is 0.162. The van der Waals surface area contributed by atoms with E-state index in [1.54, 1.807) is 29.2 Å². The summed E-state index contributed by atoms with van der Waals surface area (Å²) < 4.78 is 8.68. The van der Waals surface area contributed by atoms with Crippen molar-refractivity contribution in [3.05, 3.63) is 75.0 Å². The van der Waals surface area contributed by atoms with Gasteiger partial charge in [0.1, 0.15) is 5.82 Å².